The molecule has 21 heavy (non-hydrogen) atoms. The van der Waals surface area contributed by atoms with Gasteiger partial charge in [0.25, 0.3) is 0 Å². The summed E-state index contributed by atoms with van der Waals surface area (Å²) >= 11 is 0. The molecule has 0 spiro atoms. The molecular weight excluding hydrogens is 292 g/mol. The van der Waals surface area contributed by atoms with Gasteiger partial charge in [-0.15, -0.1) is 12.4 Å². The third kappa shape index (κ3) is 4.10. The highest BCUT2D eigenvalue weighted by molar-refractivity contribution is 5.85. The van der Waals surface area contributed by atoms with Crippen LogP contribution in [0.4, 0.5) is 5.69 Å². The van der Waals surface area contributed by atoms with Gasteiger partial charge < -0.3 is 14.2 Å². The molecule has 0 saturated carbocycles. The van der Waals surface area contributed by atoms with Crippen molar-refractivity contribution in [1.29, 1.82) is 0 Å². The molecule has 0 saturated heterocycles. The molecule has 0 fully saturated rings. The quantitative estimate of drug-likeness (QED) is 0.795. The normalized spacial score (nSPS) is 10.0. The van der Waals surface area contributed by atoms with Crippen LogP contribution in [0.5, 0.6) is 17.2 Å². The number of methoxy groups -OCH3 is 3. The van der Waals surface area contributed by atoms with Crippen molar-refractivity contribution in [2.75, 3.05) is 21.3 Å². The Hall–Kier alpha value is -2.27. The molecule has 0 aliphatic heterocycles. The summed E-state index contributed by atoms with van der Waals surface area (Å²) in [7, 11) is 4.72. The van der Waals surface area contributed by atoms with Gasteiger partial charge in [0.05, 0.1) is 27.0 Å². The summed E-state index contributed by atoms with van der Waals surface area (Å²) in [6, 6.07) is 7.33. The molecule has 2 rings (SSSR count). The molecule has 0 aliphatic rings. The number of pyridine rings is 1. The molecule has 1 heterocycles. The number of aliphatic imine (C=N–C) groups is 1. The lowest BCUT2D eigenvalue weighted by Gasteiger charge is -2.12. The largest absolute Gasteiger partial charge is 0.493 e. The van der Waals surface area contributed by atoms with Gasteiger partial charge in [-0.3, -0.25) is 9.98 Å². The fourth-order valence-corrected chi connectivity index (χ4v) is 1.74. The molecule has 1 aromatic heterocycles. The van der Waals surface area contributed by atoms with Crippen LogP contribution in [-0.2, 0) is 0 Å². The van der Waals surface area contributed by atoms with Crippen LogP contribution in [0, 0.1) is 0 Å². The Morgan fingerprint density at radius 3 is 2.00 bits per heavy atom. The summed E-state index contributed by atoms with van der Waals surface area (Å²) in [5, 5.41) is 0. The molecule has 0 radical (unpaired) electrons. The van der Waals surface area contributed by atoms with E-state index < -0.39 is 0 Å². The Labute approximate surface area is 130 Å². The van der Waals surface area contributed by atoms with Gasteiger partial charge in [0.15, 0.2) is 11.5 Å². The molecule has 5 nitrogen and oxygen atoms in total. The second-order valence-corrected chi connectivity index (χ2v) is 3.92. The molecule has 0 N–H and O–H groups in total. The zero-order valence-electron chi connectivity index (χ0n) is 12.1. The Morgan fingerprint density at radius 1 is 0.952 bits per heavy atom. The maximum absolute atomic E-state index is 5.28. The fourth-order valence-electron chi connectivity index (χ4n) is 1.74. The van der Waals surface area contributed by atoms with E-state index in [4.69, 9.17) is 14.2 Å². The average Bonchev–Trinajstić information content (AvgIpc) is 2.52. The first kappa shape index (κ1) is 16.8. The van der Waals surface area contributed by atoms with Crippen molar-refractivity contribution in [3.63, 3.8) is 0 Å². The monoisotopic (exact) mass is 308 g/mol. The Balaban J connectivity index is 0.00000220. The van der Waals surface area contributed by atoms with Gasteiger partial charge in [-0.05, 0) is 17.7 Å². The van der Waals surface area contributed by atoms with Gasteiger partial charge >= 0.3 is 0 Å². The Kier molecular flexibility index (Phi) is 6.49. The Morgan fingerprint density at radius 2 is 1.52 bits per heavy atom. The van der Waals surface area contributed by atoms with E-state index in [0.29, 0.717) is 17.2 Å². The molecule has 6 heteroatoms. The van der Waals surface area contributed by atoms with Crippen LogP contribution in [0.15, 0.2) is 41.7 Å². The maximum atomic E-state index is 5.28. The minimum Gasteiger partial charge on any atom is -0.493 e. The highest BCUT2D eigenvalue weighted by Crippen LogP contribution is 2.40. The van der Waals surface area contributed by atoms with Gasteiger partial charge in [0.1, 0.15) is 0 Å². The van der Waals surface area contributed by atoms with Crippen LogP contribution in [0.2, 0.25) is 0 Å². The number of nitrogens with zero attached hydrogens (tertiary/aromatic N) is 2. The lowest BCUT2D eigenvalue weighted by atomic mass is 10.2. The summed E-state index contributed by atoms with van der Waals surface area (Å²) in [6.45, 7) is 0. The predicted molar refractivity (Wildman–Crippen MR) is 84.8 cm³/mol. The second kappa shape index (κ2) is 8.11. The smallest absolute Gasteiger partial charge is 0.203 e. The summed E-state index contributed by atoms with van der Waals surface area (Å²) < 4.78 is 15.8. The zero-order chi connectivity index (χ0) is 14.4. The van der Waals surface area contributed by atoms with E-state index >= 15 is 0 Å². The summed E-state index contributed by atoms with van der Waals surface area (Å²) in [6.07, 6.45) is 5.19. The van der Waals surface area contributed by atoms with Crippen molar-refractivity contribution in [1.82, 2.24) is 4.98 Å². The van der Waals surface area contributed by atoms with E-state index in [9.17, 15) is 0 Å². The van der Waals surface area contributed by atoms with E-state index in [1.807, 2.05) is 12.1 Å². The molecule has 112 valence electrons. The van der Waals surface area contributed by atoms with Crippen LogP contribution in [0.3, 0.4) is 0 Å². The topological polar surface area (TPSA) is 52.9 Å². The molecule has 0 unspecified atom stereocenters. The molecule has 0 bridgehead atoms. The van der Waals surface area contributed by atoms with Crippen LogP contribution in [-0.4, -0.2) is 32.5 Å². The lowest BCUT2D eigenvalue weighted by molar-refractivity contribution is 0.324. The predicted octanol–water partition coefficient (Wildman–Crippen LogP) is 3.28. The summed E-state index contributed by atoms with van der Waals surface area (Å²) in [5.41, 5.74) is 1.69. The second-order valence-electron chi connectivity index (χ2n) is 3.92. The van der Waals surface area contributed by atoms with Crippen molar-refractivity contribution in [3.8, 4) is 17.2 Å². The molecule has 0 aliphatic carbocycles. The molecule has 0 amide bonds. The van der Waals surface area contributed by atoms with E-state index in [-0.39, 0.29) is 12.4 Å². The third-order valence-electron chi connectivity index (χ3n) is 2.72. The summed E-state index contributed by atoms with van der Waals surface area (Å²) in [5.74, 6) is 1.71. The van der Waals surface area contributed by atoms with Crippen molar-refractivity contribution in [2.24, 2.45) is 4.99 Å². The number of hydrogen-bond donors (Lipinski definition) is 0. The minimum absolute atomic E-state index is 0. The van der Waals surface area contributed by atoms with Crippen molar-refractivity contribution in [2.45, 2.75) is 0 Å². The van der Waals surface area contributed by atoms with Crippen LogP contribution in [0.25, 0.3) is 0 Å². The van der Waals surface area contributed by atoms with Crippen molar-refractivity contribution < 1.29 is 14.2 Å². The number of halogens is 1. The van der Waals surface area contributed by atoms with Crippen LogP contribution >= 0.6 is 12.4 Å². The SMILES string of the molecule is COc1cc(N=Cc2ccncc2)cc(OC)c1OC.Cl. The molecule has 0 atom stereocenters. The van der Waals surface area contributed by atoms with Gasteiger partial charge in [-0.2, -0.15) is 0 Å². The number of aromatic nitrogens is 1. The molecule has 1 aromatic carbocycles. The number of ether oxygens (including phenoxy) is 3. The van der Waals surface area contributed by atoms with Crippen molar-refractivity contribution in [3.05, 3.63) is 42.2 Å². The van der Waals surface area contributed by atoms with Gasteiger partial charge in [0.2, 0.25) is 5.75 Å². The van der Waals surface area contributed by atoms with E-state index in [2.05, 4.69) is 9.98 Å². The number of hydrogen-bond acceptors (Lipinski definition) is 5. The van der Waals surface area contributed by atoms with Crippen LogP contribution < -0.4 is 14.2 Å². The first-order valence-corrected chi connectivity index (χ1v) is 6.02. The highest BCUT2D eigenvalue weighted by atomic mass is 35.5. The number of rotatable bonds is 5. The first-order valence-electron chi connectivity index (χ1n) is 6.02. The first-order chi connectivity index (χ1) is 9.78. The standard InChI is InChI=1S/C15H16N2O3.ClH/c1-18-13-8-12(9-14(19-2)15(13)20-3)17-10-11-4-6-16-7-5-11;/h4-10H,1-3H3;1H. The van der Waals surface area contributed by atoms with E-state index in [0.717, 1.165) is 11.3 Å². The van der Waals surface area contributed by atoms with Crippen molar-refractivity contribution >= 4 is 24.3 Å². The zero-order valence-corrected chi connectivity index (χ0v) is 12.9. The summed E-state index contributed by atoms with van der Waals surface area (Å²) in [4.78, 5) is 8.36. The van der Waals surface area contributed by atoms with E-state index in [1.165, 1.54) is 0 Å². The van der Waals surface area contributed by atoms with Gasteiger partial charge in [-0.25, -0.2) is 0 Å². The third-order valence-corrected chi connectivity index (χ3v) is 2.72. The van der Waals surface area contributed by atoms with E-state index in [1.54, 1.807) is 52.1 Å². The fraction of sp³-hybridized carbons (Fsp3) is 0.200. The average molecular weight is 309 g/mol. The highest BCUT2D eigenvalue weighted by Gasteiger charge is 2.12. The van der Waals surface area contributed by atoms with Crippen LogP contribution in [0.1, 0.15) is 5.56 Å². The van der Waals surface area contributed by atoms with Gasteiger partial charge in [-0.1, -0.05) is 0 Å². The Bertz CT molecular complexity index is 578. The number of benzene rings is 1. The van der Waals surface area contributed by atoms with Gasteiger partial charge in [0, 0.05) is 30.7 Å². The minimum atomic E-state index is 0. The molecular formula is C15H17ClN2O3. The molecule has 2 aromatic rings. The maximum Gasteiger partial charge on any atom is 0.203 e. The lowest BCUT2D eigenvalue weighted by Crippen LogP contribution is -1.94.